The van der Waals surface area contributed by atoms with E-state index in [1.807, 2.05) is 0 Å². The van der Waals surface area contributed by atoms with Crippen LogP contribution in [-0.2, 0) is 6.18 Å². The Morgan fingerprint density at radius 2 is 1.69 bits per heavy atom. The highest BCUT2D eigenvalue weighted by atomic mass is 35.5. The smallest absolute Gasteiger partial charge is 0.417 e. The molecule has 1 amide bonds. The van der Waals surface area contributed by atoms with Crippen LogP contribution in [0.25, 0.3) is 0 Å². The lowest BCUT2D eigenvalue weighted by Gasteiger charge is -2.11. The van der Waals surface area contributed by atoms with E-state index in [1.54, 1.807) is 0 Å². The number of rotatable bonds is 4. The fourth-order valence-corrected chi connectivity index (χ4v) is 2.91. The molecule has 0 spiro atoms. The maximum Gasteiger partial charge on any atom is 0.417 e. The number of alkyl halides is 3. The third-order valence-corrected chi connectivity index (χ3v) is 4.41. The largest absolute Gasteiger partial charge is 0.438 e. The maximum absolute atomic E-state index is 12.7. The van der Waals surface area contributed by atoms with Gasteiger partial charge in [-0.25, -0.2) is 9.97 Å². The van der Waals surface area contributed by atoms with E-state index in [1.165, 1.54) is 36.5 Å². The molecular weight excluding hydrogens is 454 g/mol. The first-order valence-electron chi connectivity index (χ1n) is 7.77. The van der Waals surface area contributed by atoms with Gasteiger partial charge in [-0.1, -0.05) is 34.8 Å². The van der Waals surface area contributed by atoms with Crippen molar-refractivity contribution in [2.45, 2.75) is 6.18 Å². The Labute approximate surface area is 177 Å². The van der Waals surface area contributed by atoms with Crippen LogP contribution in [0.5, 0.6) is 11.6 Å². The molecule has 0 unspecified atom stereocenters. The number of hydrogen-bond acceptors (Lipinski definition) is 4. The van der Waals surface area contributed by atoms with Gasteiger partial charge in [-0.3, -0.25) is 4.79 Å². The molecule has 0 radical (unpaired) electrons. The van der Waals surface area contributed by atoms with Crippen LogP contribution in [0.15, 0.2) is 48.8 Å². The van der Waals surface area contributed by atoms with Crippen molar-refractivity contribution in [3.05, 3.63) is 75.1 Å². The van der Waals surface area contributed by atoms with Crippen LogP contribution in [0.4, 0.5) is 18.9 Å². The Hall–Kier alpha value is -2.55. The summed E-state index contributed by atoms with van der Waals surface area (Å²) in [6, 6.07) is 8.10. The highest BCUT2D eigenvalue weighted by molar-refractivity contribution is 6.39. The van der Waals surface area contributed by atoms with E-state index < -0.39 is 17.6 Å². The van der Waals surface area contributed by atoms with Gasteiger partial charge in [0.1, 0.15) is 15.9 Å². The molecule has 0 fully saturated rings. The topological polar surface area (TPSA) is 64.1 Å². The first kappa shape index (κ1) is 21.2. The summed E-state index contributed by atoms with van der Waals surface area (Å²) in [6.45, 7) is 0. The van der Waals surface area contributed by atoms with Gasteiger partial charge in [0.05, 0.1) is 16.1 Å². The van der Waals surface area contributed by atoms with E-state index in [0.29, 0.717) is 11.9 Å². The normalized spacial score (nSPS) is 11.2. The second kappa shape index (κ2) is 8.44. The third kappa shape index (κ3) is 5.09. The highest BCUT2D eigenvalue weighted by Crippen LogP contribution is 2.34. The summed E-state index contributed by atoms with van der Waals surface area (Å²) >= 11 is 17.7. The van der Waals surface area contributed by atoms with Crippen molar-refractivity contribution in [2.75, 3.05) is 5.32 Å². The average Bonchev–Trinajstić information content (AvgIpc) is 2.64. The van der Waals surface area contributed by atoms with Crippen LogP contribution < -0.4 is 10.1 Å². The van der Waals surface area contributed by atoms with E-state index in [2.05, 4.69) is 15.3 Å². The lowest BCUT2D eigenvalue weighted by molar-refractivity contribution is -0.137. The SMILES string of the molecule is O=C(Nc1ccc(Oc2ncc(C(F)(F)F)cc2Cl)cc1)c1c(Cl)ccnc1Cl. The van der Waals surface area contributed by atoms with Gasteiger partial charge < -0.3 is 10.1 Å². The van der Waals surface area contributed by atoms with Crippen molar-refractivity contribution in [1.82, 2.24) is 9.97 Å². The molecule has 0 atom stereocenters. The molecular formula is C18H9Cl3F3N3O2. The summed E-state index contributed by atoms with van der Waals surface area (Å²) in [5, 5.41) is 2.40. The molecule has 0 saturated heterocycles. The number of ether oxygens (including phenoxy) is 1. The number of nitrogens with zero attached hydrogens (tertiary/aromatic N) is 2. The average molecular weight is 463 g/mol. The van der Waals surface area contributed by atoms with E-state index in [4.69, 9.17) is 39.5 Å². The predicted molar refractivity (Wildman–Crippen MR) is 103 cm³/mol. The molecule has 2 aromatic heterocycles. The van der Waals surface area contributed by atoms with Gasteiger partial charge >= 0.3 is 6.18 Å². The molecule has 0 aliphatic rings. The molecule has 3 rings (SSSR count). The fourth-order valence-electron chi connectivity index (χ4n) is 2.18. The number of nitrogens with one attached hydrogen (secondary N) is 1. The number of hydrogen-bond donors (Lipinski definition) is 1. The van der Waals surface area contributed by atoms with Crippen LogP contribution in [0.1, 0.15) is 15.9 Å². The van der Waals surface area contributed by atoms with E-state index >= 15 is 0 Å². The van der Waals surface area contributed by atoms with Gasteiger partial charge in [0.25, 0.3) is 5.91 Å². The molecule has 0 saturated carbocycles. The van der Waals surface area contributed by atoms with Crippen molar-refractivity contribution in [2.24, 2.45) is 0 Å². The molecule has 0 aliphatic heterocycles. The molecule has 0 aliphatic carbocycles. The summed E-state index contributed by atoms with van der Waals surface area (Å²) in [5.41, 5.74) is -0.567. The van der Waals surface area contributed by atoms with Gasteiger partial charge in [0.2, 0.25) is 5.88 Å². The minimum absolute atomic E-state index is 0.0249. The Kier molecular flexibility index (Phi) is 6.16. The van der Waals surface area contributed by atoms with Crippen molar-refractivity contribution < 1.29 is 22.7 Å². The number of amides is 1. The van der Waals surface area contributed by atoms with Crippen molar-refractivity contribution >= 4 is 46.4 Å². The fraction of sp³-hybridized carbons (Fsp3) is 0.0556. The Bertz CT molecular complexity index is 1040. The van der Waals surface area contributed by atoms with Crippen LogP contribution in [0.3, 0.4) is 0 Å². The number of halogens is 6. The van der Waals surface area contributed by atoms with Crippen molar-refractivity contribution in [3.63, 3.8) is 0 Å². The number of aromatic nitrogens is 2. The molecule has 29 heavy (non-hydrogen) atoms. The zero-order chi connectivity index (χ0) is 21.2. The molecule has 0 bridgehead atoms. The lowest BCUT2D eigenvalue weighted by atomic mass is 10.2. The second-order valence-corrected chi connectivity index (χ2v) is 6.72. The van der Waals surface area contributed by atoms with Crippen LogP contribution in [-0.4, -0.2) is 15.9 Å². The standard InChI is InChI=1S/C18H9Cl3F3N3O2/c19-12-5-6-25-15(21)14(12)16(28)27-10-1-3-11(4-2-10)29-17-13(20)7-9(8-26-17)18(22,23)24/h1-8H,(H,27,28). The van der Waals surface area contributed by atoms with Gasteiger partial charge in [-0.2, -0.15) is 13.2 Å². The summed E-state index contributed by atoms with van der Waals surface area (Å²) in [6.07, 6.45) is -2.57. The summed E-state index contributed by atoms with van der Waals surface area (Å²) in [5.74, 6) is -0.505. The second-order valence-electron chi connectivity index (χ2n) is 5.55. The monoisotopic (exact) mass is 461 g/mol. The number of carbonyl (C=O) groups excluding carboxylic acids is 1. The zero-order valence-electron chi connectivity index (χ0n) is 14.1. The van der Waals surface area contributed by atoms with E-state index in [-0.39, 0.29) is 32.4 Å². The maximum atomic E-state index is 12.7. The van der Waals surface area contributed by atoms with Crippen LogP contribution in [0, 0.1) is 0 Å². The summed E-state index contributed by atoms with van der Waals surface area (Å²) in [7, 11) is 0. The zero-order valence-corrected chi connectivity index (χ0v) is 16.4. The van der Waals surface area contributed by atoms with Crippen molar-refractivity contribution in [1.29, 1.82) is 0 Å². The molecule has 2 heterocycles. The minimum atomic E-state index is -4.56. The first-order valence-corrected chi connectivity index (χ1v) is 8.90. The number of pyridine rings is 2. The first-order chi connectivity index (χ1) is 13.6. The number of anilines is 1. The van der Waals surface area contributed by atoms with Crippen LogP contribution >= 0.6 is 34.8 Å². The molecule has 3 aromatic rings. The van der Waals surface area contributed by atoms with Gasteiger partial charge in [0, 0.05) is 18.1 Å². The van der Waals surface area contributed by atoms with Gasteiger partial charge in [-0.05, 0) is 36.4 Å². The summed E-state index contributed by atoms with van der Waals surface area (Å²) in [4.78, 5) is 19.7. The number of carbonyl (C=O) groups is 1. The van der Waals surface area contributed by atoms with E-state index in [0.717, 1.165) is 6.07 Å². The number of benzene rings is 1. The van der Waals surface area contributed by atoms with E-state index in [9.17, 15) is 18.0 Å². The van der Waals surface area contributed by atoms with Crippen LogP contribution in [0.2, 0.25) is 15.2 Å². The molecule has 5 nitrogen and oxygen atoms in total. The van der Waals surface area contributed by atoms with Crippen molar-refractivity contribution in [3.8, 4) is 11.6 Å². The molecule has 1 aromatic carbocycles. The molecule has 150 valence electrons. The Morgan fingerprint density at radius 1 is 1.00 bits per heavy atom. The highest BCUT2D eigenvalue weighted by Gasteiger charge is 2.31. The Morgan fingerprint density at radius 3 is 2.28 bits per heavy atom. The molecule has 1 N–H and O–H groups in total. The summed E-state index contributed by atoms with van der Waals surface area (Å²) < 4.78 is 43.3. The quantitative estimate of drug-likeness (QED) is 0.450. The van der Waals surface area contributed by atoms with Gasteiger partial charge in [-0.15, -0.1) is 0 Å². The predicted octanol–water partition coefficient (Wildman–Crippen LogP) is 6.50. The minimum Gasteiger partial charge on any atom is -0.438 e. The van der Waals surface area contributed by atoms with Gasteiger partial charge in [0.15, 0.2) is 0 Å². The lowest BCUT2D eigenvalue weighted by Crippen LogP contribution is -2.13. The molecule has 11 heteroatoms. The third-order valence-electron chi connectivity index (χ3n) is 3.54. The Balaban J connectivity index is 1.72.